The summed E-state index contributed by atoms with van der Waals surface area (Å²) in [5, 5.41) is 3.27. The van der Waals surface area contributed by atoms with Gasteiger partial charge in [0.05, 0.1) is 17.7 Å². The maximum atomic E-state index is 13.7. The number of thiophene rings is 1. The predicted molar refractivity (Wildman–Crippen MR) is 126 cm³/mol. The lowest BCUT2D eigenvalue weighted by Gasteiger charge is -2.14. The van der Waals surface area contributed by atoms with E-state index in [2.05, 4.69) is 5.32 Å². The third-order valence-corrected chi connectivity index (χ3v) is 7.31. The first-order valence-electron chi connectivity index (χ1n) is 10.5. The van der Waals surface area contributed by atoms with E-state index in [1.54, 1.807) is 15.9 Å². The number of imide groups is 1. The molecule has 0 unspecified atom stereocenters. The molecule has 3 aromatic rings. The molecular formula is C22H24N4O4S2. The van der Waals surface area contributed by atoms with Gasteiger partial charge in [0.15, 0.2) is 5.16 Å². The summed E-state index contributed by atoms with van der Waals surface area (Å²) < 4.78 is 7.13. The Hall–Kier alpha value is -2.85. The molecule has 0 radical (unpaired) electrons. The summed E-state index contributed by atoms with van der Waals surface area (Å²) in [6, 6.07) is 6.45. The molecule has 1 aliphatic carbocycles. The van der Waals surface area contributed by atoms with Crippen LogP contribution in [-0.4, -0.2) is 33.8 Å². The fourth-order valence-corrected chi connectivity index (χ4v) is 6.06. The van der Waals surface area contributed by atoms with E-state index in [4.69, 9.17) is 15.5 Å². The highest BCUT2D eigenvalue weighted by Gasteiger charge is 2.23. The molecule has 1 aliphatic rings. The first kappa shape index (κ1) is 22.3. The van der Waals surface area contributed by atoms with Crippen molar-refractivity contribution in [3.63, 3.8) is 0 Å². The van der Waals surface area contributed by atoms with Crippen LogP contribution in [0.15, 0.2) is 34.2 Å². The van der Waals surface area contributed by atoms with Gasteiger partial charge in [0, 0.05) is 17.1 Å². The zero-order valence-electron chi connectivity index (χ0n) is 17.7. The molecular weight excluding hydrogens is 448 g/mol. The molecule has 3 N–H and O–H groups in total. The summed E-state index contributed by atoms with van der Waals surface area (Å²) in [5.41, 5.74) is 6.72. The van der Waals surface area contributed by atoms with Gasteiger partial charge in [0.1, 0.15) is 10.6 Å². The van der Waals surface area contributed by atoms with Crippen LogP contribution in [0.2, 0.25) is 0 Å². The molecule has 2 heterocycles. The summed E-state index contributed by atoms with van der Waals surface area (Å²) in [7, 11) is 0. The van der Waals surface area contributed by atoms with Crippen LogP contribution in [0, 0.1) is 0 Å². The predicted octanol–water partition coefficient (Wildman–Crippen LogP) is 3.40. The topological polar surface area (TPSA) is 116 Å². The van der Waals surface area contributed by atoms with Gasteiger partial charge in [-0.15, -0.1) is 11.3 Å². The van der Waals surface area contributed by atoms with Crippen molar-refractivity contribution in [3.8, 4) is 11.4 Å². The number of aromatic nitrogens is 2. The van der Waals surface area contributed by atoms with Gasteiger partial charge < -0.3 is 10.5 Å². The third-order valence-electron chi connectivity index (χ3n) is 5.19. The number of aryl methyl sites for hydroxylation is 2. The molecule has 0 atom stereocenters. The highest BCUT2D eigenvalue weighted by atomic mass is 32.2. The second kappa shape index (κ2) is 9.74. The average molecular weight is 473 g/mol. The van der Waals surface area contributed by atoms with Crippen LogP contribution in [0.3, 0.4) is 0 Å². The zero-order valence-corrected chi connectivity index (χ0v) is 19.3. The summed E-state index contributed by atoms with van der Waals surface area (Å²) in [4.78, 5) is 43.1. The number of nitrogens with one attached hydrogen (secondary N) is 1. The van der Waals surface area contributed by atoms with E-state index in [0.717, 1.165) is 41.8 Å². The van der Waals surface area contributed by atoms with Crippen molar-refractivity contribution in [2.24, 2.45) is 5.73 Å². The van der Waals surface area contributed by atoms with Crippen molar-refractivity contribution in [3.05, 3.63) is 45.1 Å². The molecule has 0 bridgehead atoms. The van der Waals surface area contributed by atoms with Crippen molar-refractivity contribution in [2.75, 3.05) is 12.4 Å². The summed E-state index contributed by atoms with van der Waals surface area (Å²) in [5.74, 6) is 0.607. The number of benzene rings is 1. The van der Waals surface area contributed by atoms with Gasteiger partial charge in [-0.25, -0.2) is 9.78 Å². The quantitative estimate of drug-likeness (QED) is 0.402. The smallest absolute Gasteiger partial charge is 0.318 e. The molecule has 0 saturated carbocycles. The summed E-state index contributed by atoms with van der Waals surface area (Å²) >= 11 is 2.89. The first-order chi connectivity index (χ1) is 15.5. The standard InChI is InChI=1S/C22H24N4O4S2/c1-2-30-14-9-7-13(8-10-14)26-20(28)18-15-5-3-4-6-16(15)32-19(18)25-22(26)31-12-11-17(27)24-21(23)29/h7-10H,2-6,11-12H2,1H3,(H3,23,24,27,29). The van der Waals surface area contributed by atoms with E-state index in [1.165, 1.54) is 16.6 Å². The molecule has 32 heavy (non-hydrogen) atoms. The molecule has 1 aromatic carbocycles. The van der Waals surface area contributed by atoms with Gasteiger partial charge in [-0.2, -0.15) is 0 Å². The minimum atomic E-state index is -0.880. The highest BCUT2D eigenvalue weighted by molar-refractivity contribution is 7.99. The van der Waals surface area contributed by atoms with E-state index in [0.29, 0.717) is 28.6 Å². The lowest BCUT2D eigenvalue weighted by atomic mass is 9.97. The number of hydrogen-bond donors (Lipinski definition) is 2. The Morgan fingerprint density at radius 3 is 2.72 bits per heavy atom. The van der Waals surface area contributed by atoms with Crippen molar-refractivity contribution in [1.29, 1.82) is 0 Å². The number of carbonyl (C=O) groups is 2. The number of nitrogens with two attached hydrogens (primary N) is 1. The molecule has 0 fully saturated rings. The number of thioether (sulfide) groups is 1. The number of amides is 3. The maximum absolute atomic E-state index is 13.7. The van der Waals surface area contributed by atoms with E-state index in [1.807, 2.05) is 31.2 Å². The Kier molecular flexibility index (Phi) is 6.80. The second-order valence-electron chi connectivity index (χ2n) is 7.36. The summed E-state index contributed by atoms with van der Waals surface area (Å²) in [6.45, 7) is 2.47. The molecule has 0 spiro atoms. The third kappa shape index (κ3) is 4.66. The number of hydrogen-bond acceptors (Lipinski definition) is 7. The molecule has 0 saturated heterocycles. The lowest BCUT2D eigenvalue weighted by Crippen LogP contribution is -2.35. The Labute approximate surface area is 193 Å². The maximum Gasteiger partial charge on any atom is 0.318 e. The van der Waals surface area contributed by atoms with Gasteiger partial charge in [-0.05, 0) is 62.4 Å². The average Bonchev–Trinajstić information content (AvgIpc) is 3.13. The number of carbonyl (C=O) groups excluding carboxylic acids is 2. The fourth-order valence-electron chi connectivity index (χ4n) is 3.80. The number of fused-ring (bicyclic) bond motifs is 3. The lowest BCUT2D eigenvalue weighted by molar-refractivity contribution is -0.119. The molecule has 4 rings (SSSR count). The van der Waals surface area contributed by atoms with E-state index < -0.39 is 11.9 Å². The Morgan fingerprint density at radius 2 is 2.00 bits per heavy atom. The highest BCUT2D eigenvalue weighted by Crippen LogP contribution is 2.35. The van der Waals surface area contributed by atoms with Gasteiger partial charge in [0.2, 0.25) is 5.91 Å². The van der Waals surface area contributed by atoms with Gasteiger partial charge in [-0.1, -0.05) is 11.8 Å². The zero-order chi connectivity index (χ0) is 22.7. The van der Waals surface area contributed by atoms with Crippen molar-refractivity contribution < 1.29 is 14.3 Å². The van der Waals surface area contributed by atoms with Crippen molar-refractivity contribution in [1.82, 2.24) is 14.9 Å². The van der Waals surface area contributed by atoms with Crippen LogP contribution in [0.5, 0.6) is 5.75 Å². The molecule has 168 valence electrons. The van der Waals surface area contributed by atoms with E-state index >= 15 is 0 Å². The largest absolute Gasteiger partial charge is 0.494 e. The molecule has 2 aromatic heterocycles. The minimum Gasteiger partial charge on any atom is -0.494 e. The first-order valence-corrected chi connectivity index (χ1v) is 12.3. The number of urea groups is 1. The van der Waals surface area contributed by atoms with E-state index in [-0.39, 0.29) is 12.0 Å². The van der Waals surface area contributed by atoms with Crippen LogP contribution in [0.25, 0.3) is 15.9 Å². The molecule has 3 amide bonds. The minimum absolute atomic E-state index is 0.0751. The van der Waals surface area contributed by atoms with E-state index in [9.17, 15) is 14.4 Å². The number of primary amides is 1. The van der Waals surface area contributed by atoms with Crippen LogP contribution in [0.1, 0.15) is 36.6 Å². The van der Waals surface area contributed by atoms with Gasteiger partial charge >= 0.3 is 6.03 Å². The summed E-state index contributed by atoms with van der Waals surface area (Å²) in [6.07, 6.45) is 4.16. The Bertz CT molecular complexity index is 1220. The van der Waals surface area contributed by atoms with Crippen LogP contribution in [0.4, 0.5) is 4.79 Å². The number of ether oxygens (including phenoxy) is 1. The molecule has 10 heteroatoms. The van der Waals surface area contributed by atoms with Crippen molar-refractivity contribution >= 4 is 45.3 Å². The van der Waals surface area contributed by atoms with Gasteiger partial charge in [-0.3, -0.25) is 19.5 Å². The second-order valence-corrected chi connectivity index (χ2v) is 9.51. The van der Waals surface area contributed by atoms with Crippen LogP contribution in [-0.2, 0) is 17.6 Å². The number of nitrogens with zero attached hydrogens (tertiary/aromatic N) is 2. The Balaban J connectivity index is 1.74. The molecule has 0 aliphatic heterocycles. The SMILES string of the molecule is CCOc1ccc(-n2c(SCCC(=O)NC(N)=O)nc3sc4c(c3c2=O)CCCC4)cc1. The fraction of sp³-hybridized carbons (Fsp3) is 0.364. The number of rotatable bonds is 7. The van der Waals surface area contributed by atoms with Crippen LogP contribution < -0.4 is 21.3 Å². The molecule has 8 nitrogen and oxygen atoms in total. The monoisotopic (exact) mass is 472 g/mol. The normalized spacial score (nSPS) is 13.0. The van der Waals surface area contributed by atoms with Gasteiger partial charge in [0.25, 0.3) is 5.56 Å². The van der Waals surface area contributed by atoms with Crippen molar-refractivity contribution in [2.45, 2.75) is 44.2 Å². The Morgan fingerprint density at radius 1 is 1.25 bits per heavy atom. The van der Waals surface area contributed by atoms with Crippen LogP contribution >= 0.6 is 23.1 Å².